The third-order valence-corrected chi connectivity index (χ3v) is 3.22. The van der Waals surface area contributed by atoms with Gasteiger partial charge in [-0.1, -0.05) is 6.42 Å². The van der Waals surface area contributed by atoms with E-state index in [9.17, 15) is 0 Å². The first-order chi connectivity index (χ1) is 7.79. The van der Waals surface area contributed by atoms with E-state index in [2.05, 4.69) is 9.88 Å². The second kappa shape index (κ2) is 5.46. The summed E-state index contributed by atoms with van der Waals surface area (Å²) < 4.78 is 5.50. The molecule has 2 heterocycles. The van der Waals surface area contributed by atoms with Gasteiger partial charge in [0.25, 0.3) is 0 Å². The zero-order valence-electron chi connectivity index (χ0n) is 9.85. The Labute approximate surface area is 96.3 Å². The number of hydrogen-bond acceptors (Lipinski definition) is 4. The van der Waals surface area contributed by atoms with Gasteiger partial charge in [-0.05, 0) is 32.7 Å². The van der Waals surface area contributed by atoms with Crippen molar-refractivity contribution in [3.63, 3.8) is 0 Å². The van der Waals surface area contributed by atoms with Crippen molar-refractivity contribution < 1.29 is 9.52 Å². The number of likely N-dealkylation sites (tertiary alicyclic amines) is 1. The normalized spacial score (nSPS) is 22.5. The number of aliphatic hydroxyl groups excluding tert-OH is 1. The minimum absolute atomic E-state index is 0.270. The summed E-state index contributed by atoms with van der Waals surface area (Å²) in [5.41, 5.74) is 0. The number of nitrogens with zero attached hydrogens (tertiary/aromatic N) is 2. The Bertz CT molecular complexity index is 323. The van der Waals surface area contributed by atoms with E-state index in [-0.39, 0.29) is 6.61 Å². The number of rotatable bonds is 4. The van der Waals surface area contributed by atoms with Crippen LogP contribution in [0.25, 0.3) is 0 Å². The Hall–Kier alpha value is -0.870. The molecule has 1 aromatic heterocycles. The van der Waals surface area contributed by atoms with E-state index in [4.69, 9.17) is 9.52 Å². The smallest absolute Gasteiger partial charge is 0.208 e. The summed E-state index contributed by atoms with van der Waals surface area (Å²) in [7, 11) is 0. The molecule has 1 aliphatic rings. The minimum atomic E-state index is 0.270. The van der Waals surface area contributed by atoms with Gasteiger partial charge in [0.1, 0.15) is 5.76 Å². The van der Waals surface area contributed by atoms with Crippen molar-refractivity contribution in [2.75, 3.05) is 13.2 Å². The molecule has 0 bridgehead atoms. The molecule has 0 aliphatic carbocycles. The third kappa shape index (κ3) is 2.83. The van der Waals surface area contributed by atoms with Crippen LogP contribution in [0.15, 0.2) is 10.6 Å². The second-order valence-electron chi connectivity index (χ2n) is 4.50. The Morgan fingerprint density at radius 2 is 2.44 bits per heavy atom. The van der Waals surface area contributed by atoms with E-state index < -0.39 is 0 Å². The molecule has 0 radical (unpaired) electrons. The molecule has 1 aromatic rings. The molecule has 1 saturated heterocycles. The van der Waals surface area contributed by atoms with Gasteiger partial charge in [-0.3, -0.25) is 4.90 Å². The van der Waals surface area contributed by atoms with E-state index >= 15 is 0 Å². The van der Waals surface area contributed by atoms with Crippen LogP contribution in [0.2, 0.25) is 0 Å². The van der Waals surface area contributed by atoms with Gasteiger partial charge in [0.05, 0.1) is 12.7 Å². The molecule has 0 amide bonds. The predicted octanol–water partition coefficient (Wildman–Crippen LogP) is 1.72. The fourth-order valence-corrected chi connectivity index (χ4v) is 2.39. The molecule has 90 valence electrons. The molecule has 1 unspecified atom stereocenters. The zero-order chi connectivity index (χ0) is 11.4. The van der Waals surface area contributed by atoms with Gasteiger partial charge in [0.2, 0.25) is 5.89 Å². The van der Waals surface area contributed by atoms with Gasteiger partial charge in [-0.25, -0.2) is 4.98 Å². The summed E-state index contributed by atoms with van der Waals surface area (Å²) in [5, 5.41) is 9.04. The molecule has 1 fully saturated rings. The second-order valence-corrected chi connectivity index (χ2v) is 4.50. The molecule has 0 spiro atoms. The van der Waals surface area contributed by atoms with E-state index in [0.717, 1.165) is 31.2 Å². The van der Waals surface area contributed by atoms with Gasteiger partial charge >= 0.3 is 0 Å². The zero-order valence-corrected chi connectivity index (χ0v) is 9.85. The maximum atomic E-state index is 9.04. The quantitative estimate of drug-likeness (QED) is 0.846. The summed E-state index contributed by atoms with van der Waals surface area (Å²) >= 11 is 0. The molecular formula is C12H20N2O2. The summed E-state index contributed by atoms with van der Waals surface area (Å²) in [6.45, 7) is 4.05. The van der Waals surface area contributed by atoms with E-state index in [0.29, 0.717) is 6.04 Å². The number of oxazole rings is 1. The van der Waals surface area contributed by atoms with Gasteiger partial charge in [0, 0.05) is 12.6 Å². The lowest BCUT2D eigenvalue weighted by Crippen LogP contribution is -2.39. The van der Waals surface area contributed by atoms with Crippen molar-refractivity contribution in [3.8, 4) is 0 Å². The fourth-order valence-electron chi connectivity index (χ4n) is 2.39. The van der Waals surface area contributed by atoms with Crippen molar-refractivity contribution in [3.05, 3.63) is 17.8 Å². The van der Waals surface area contributed by atoms with Crippen molar-refractivity contribution in [2.24, 2.45) is 0 Å². The van der Waals surface area contributed by atoms with E-state index in [1.165, 1.54) is 19.3 Å². The highest BCUT2D eigenvalue weighted by molar-refractivity contribution is 4.92. The molecule has 2 rings (SSSR count). The summed E-state index contributed by atoms with van der Waals surface area (Å²) in [6.07, 6.45) is 6.31. The lowest BCUT2D eigenvalue weighted by molar-refractivity contribution is 0.103. The summed E-state index contributed by atoms with van der Waals surface area (Å²) in [6, 6.07) is 0.492. The predicted molar refractivity (Wildman–Crippen MR) is 61.0 cm³/mol. The van der Waals surface area contributed by atoms with Crippen LogP contribution in [0.1, 0.15) is 37.3 Å². The van der Waals surface area contributed by atoms with Gasteiger partial charge in [-0.15, -0.1) is 0 Å². The molecular weight excluding hydrogens is 204 g/mol. The molecule has 4 heteroatoms. The van der Waals surface area contributed by atoms with Crippen LogP contribution in [-0.4, -0.2) is 34.2 Å². The molecule has 0 saturated carbocycles. The maximum absolute atomic E-state index is 9.04. The Morgan fingerprint density at radius 3 is 3.12 bits per heavy atom. The largest absolute Gasteiger partial charge is 0.445 e. The highest BCUT2D eigenvalue weighted by Gasteiger charge is 2.23. The molecule has 1 N–H and O–H groups in total. The van der Waals surface area contributed by atoms with E-state index in [1.54, 1.807) is 6.20 Å². The highest BCUT2D eigenvalue weighted by Crippen LogP contribution is 2.21. The average Bonchev–Trinajstić information content (AvgIpc) is 2.67. The Kier molecular flexibility index (Phi) is 3.96. The molecule has 16 heavy (non-hydrogen) atoms. The summed E-state index contributed by atoms with van der Waals surface area (Å²) in [4.78, 5) is 6.61. The first-order valence-electron chi connectivity index (χ1n) is 6.06. The number of aryl methyl sites for hydroxylation is 1. The number of aliphatic hydroxyl groups is 1. The standard InChI is InChI=1S/C12H20N2O2/c1-10-8-13-12(16-10)9-14-6-3-2-4-11(14)5-7-15/h8,11,15H,2-7,9H2,1H3. The number of hydrogen-bond donors (Lipinski definition) is 1. The maximum Gasteiger partial charge on any atom is 0.208 e. The topological polar surface area (TPSA) is 49.5 Å². The average molecular weight is 224 g/mol. The lowest BCUT2D eigenvalue weighted by Gasteiger charge is -2.34. The Morgan fingerprint density at radius 1 is 1.56 bits per heavy atom. The highest BCUT2D eigenvalue weighted by atomic mass is 16.4. The van der Waals surface area contributed by atoms with Crippen LogP contribution >= 0.6 is 0 Å². The van der Waals surface area contributed by atoms with Crippen LogP contribution in [0.5, 0.6) is 0 Å². The first-order valence-corrected chi connectivity index (χ1v) is 6.06. The number of piperidine rings is 1. The Balaban J connectivity index is 1.95. The minimum Gasteiger partial charge on any atom is -0.445 e. The van der Waals surface area contributed by atoms with Crippen LogP contribution < -0.4 is 0 Å². The molecule has 0 aromatic carbocycles. The van der Waals surface area contributed by atoms with Crippen LogP contribution in [0.3, 0.4) is 0 Å². The third-order valence-electron chi connectivity index (χ3n) is 3.22. The van der Waals surface area contributed by atoms with Crippen molar-refractivity contribution in [1.82, 2.24) is 9.88 Å². The number of aromatic nitrogens is 1. The molecule has 1 atom stereocenters. The molecule has 4 nitrogen and oxygen atoms in total. The molecule has 1 aliphatic heterocycles. The summed E-state index contributed by atoms with van der Waals surface area (Å²) in [5.74, 6) is 1.66. The van der Waals surface area contributed by atoms with Crippen molar-refractivity contribution in [1.29, 1.82) is 0 Å². The van der Waals surface area contributed by atoms with E-state index in [1.807, 2.05) is 6.92 Å². The van der Waals surface area contributed by atoms with Crippen LogP contribution in [0.4, 0.5) is 0 Å². The van der Waals surface area contributed by atoms with Gasteiger partial charge in [-0.2, -0.15) is 0 Å². The van der Waals surface area contributed by atoms with Gasteiger partial charge in [0.15, 0.2) is 0 Å². The van der Waals surface area contributed by atoms with Crippen LogP contribution in [-0.2, 0) is 6.54 Å². The first kappa shape index (κ1) is 11.6. The fraction of sp³-hybridized carbons (Fsp3) is 0.750. The SMILES string of the molecule is Cc1cnc(CN2CCCCC2CCO)o1. The van der Waals surface area contributed by atoms with Gasteiger partial charge < -0.3 is 9.52 Å². The van der Waals surface area contributed by atoms with Crippen LogP contribution in [0, 0.1) is 6.92 Å². The van der Waals surface area contributed by atoms with Crippen molar-refractivity contribution in [2.45, 2.75) is 45.2 Å². The lowest BCUT2D eigenvalue weighted by atomic mass is 10.00. The monoisotopic (exact) mass is 224 g/mol. The van der Waals surface area contributed by atoms with Crippen molar-refractivity contribution >= 4 is 0 Å².